The first-order valence-corrected chi connectivity index (χ1v) is 10.9. The number of allylic oxidation sites excluding steroid dienone is 1. The first kappa shape index (κ1) is 23.1. The number of aliphatic imine (C=N–C) groups is 1. The quantitative estimate of drug-likeness (QED) is 0.270. The van der Waals surface area contributed by atoms with Gasteiger partial charge >= 0.3 is 0 Å². The summed E-state index contributed by atoms with van der Waals surface area (Å²) in [5, 5.41) is 13.1. The lowest BCUT2D eigenvalue weighted by molar-refractivity contribution is 0.0937. The summed E-state index contributed by atoms with van der Waals surface area (Å²) in [6.07, 6.45) is 1.71. The van der Waals surface area contributed by atoms with Crippen LogP contribution in [0.25, 0.3) is 0 Å². The van der Waals surface area contributed by atoms with Crippen LogP contribution in [0.4, 0.5) is 23.2 Å². The van der Waals surface area contributed by atoms with E-state index in [9.17, 15) is 22.4 Å². The molecule has 3 rings (SSSR count). The normalized spacial score (nSPS) is 23.5. The molecular formula is C20H23F4N5OS. The Morgan fingerprint density at radius 2 is 2.10 bits per heavy atom. The Kier molecular flexibility index (Phi) is 6.93. The number of carbonyl (C=O) groups excluding carboxylic acids is 1. The summed E-state index contributed by atoms with van der Waals surface area (Å²) < 4.78 is 55.7. The molecule has 0 saturated heterocycles. The number of nitrogens with zero attached hydrogens (tertiary/aromatic N) is 1. The molecule has 2 atom stereocenters. The van der Waals surface area contributed by atoms with Crippen LogP contribution in [-0.4, -0.2) is 41.6 Å². The molecule has 1 saturated carbocycles. The second-order valence-corrected chi connectivity index (χ2v) is 8.48. The van der Waals surface area contributed by atoms with Gasteiger partial charge in [0.15, 0.2) is 5.82 Å². The highest BCUT2D eigenvalue weighted by Gasteiger charge is 2.59. The van der Waals surface area contributed by atoms with Crippen LogP contribution in [0.5, 0.6) is 0 Å². The smallest absolute Gasteiger partial charge is 0.257 e. The summed E-state index contributed by atoms with van der Waals surface area (Å²) in [6, 6.07) is 1.36. The minimum Gasteiger partial charge on any atom is -0.401 e. The number of hydrogen-bond donors (Lipinski definition) is 4. The maximum atomic E-state index is 14.8. The van der Waals surface area contributed by atoms with Crippen molar-refractivity contribution >= 4 is 35.4 Å². The van der Waals surface area contributed by atoms with E-state index in [0.717, 1.165) is 18.2 Å². The number of halogens is 4. The lowest BCUT2D eigenvalue weighted by Gasteiger charge is -2.22. The van der Waals surface area contributed by atoms with Gasteiger partial charge in [-0.2, -0.15) is 0 Å². The van der Waals surface area contributed by atoms with Crippen molar-refractivity contribution < 1.29 is 22.4 Å². The van der Waals surface area contributed by atoms with Crippen molar-refractivity contribution in [2.24, 2.45) is 16.6 Å². The van der Waals surface area contributed by atoms with Crippen LogP contribution < -0.4 is 16.4 Å². The second-order valence-electron chi connectivity index (χ2n) is 7.38. The largest absolute Gasteiger partial charge is 0.401 e. The zero-order chi connectivity index (χ0) is 22.8. The molecule has 5 N–H and O–H groups in total. The van der Waals surface area contributed by atoms with Crippen molar-refractivity contribution in [1.82, 2.24) is 5.32 Å². The highest BCUT2D eigenvalue weighted by molar-refractivity contribution is 7.99. The predicted molar refractivity (Wildman–Crippen MR) is 114 cm³/mol. The summed E-state index contributed by atoms with van der Waals surface area (Å²) in [5.74, 6) is -6.14. The van der Waals surface area contributed by atoms with E-state index in [1.54, 1.807) is 0 Å². The number of carbonyl (C=O) groups is 1. The maximum absolute atomic E-state index is 14.8. The Labute approximate surface area is 181 Å². The van der Waals surface area contributed by atoms with Gasteiger partial charge in [0, 0.05) is 30.3 Å². The van der Waals surface area contributed by atoms with Crippen molar-refractivity contribution in [2.75, 3.05) is 16.9 Å². The van der Waals surface area contributed by atoms with E-state index in [4.69, 9.17) is 11.1 Å². The van der Waals surface area contributed by atoms with Gasteiger partial charge in [0.1, 0.15) is 17.2 Å². The van der Waals surface area contributed by atoms with Gasteiger partial charge in [0.25, 0.3) is 11.8 Å². The van der Waals surface area contributed by atoms with Crippen molar-refractivity contribution in [3.8, 4) is 0 Å². The number of hydrogen-bond acceptors (Lipinski definition) is 5. The average Bonchev–Trinajstić information content (AvgIpc) is 3.36. The van der Waals surface area contributed by atoms with E-state index in [0.29, 0.717) is 5.88 Å². The van der Waals surface area contributed by atoms with Crippen molar-refractivity contribution in [3.05, 3.63) is 40.6 Å². The lowest BCUT2D eigenvalue weighted by Crippen LogP contribution is -2.40. The Morgan fingerprint density at radius 1 is 1.39 bits per heavy atom. The molecule has 1 fully saturated rings. The number of nitrogens with one attached hydrogen (secondary N) is 3. The van der Waals surface area contributed by atoms with Crippen LogP contribution in [-0.2, 0) is 0 Å². The summed E-state index contributed by atoms with van der Waals surface area (Å²) in [6.45, 7) is 2.01. The highest BCUT2D eigenvalue weighted by Crippen LogP contribution is 2.52. The summed E-state index contributed by atoms with van der Waals surface area (Å²) in [7, 11) is 0. The van der Waals surface area contributed by atoms with Gasteiger partial charge in [-0.3, -0.25) is 10.2 Å². The molecule has 168 valence electrons. The molecule has 1 aromatic rings. The van der Waals surface area contributed by atoms with E-state index >= 15 is 0 Å². The SMILES string of the molecule is CCCSCNc1ccc(F)c(C(=O)NC2C=NC(=N)C(=C(N)C3CC3(F)F)C2)c1F. The molecule has 1 aliphatic carbocycles. The molecule has 0 spiro atoms. The number of thioether (sulfide) groups is 1. The molecule has 0 aromatic heterocycles. The third kappa shape index (κ3) is 5.20. The van der Waals surface area contributed by atoms with Crippen LogP contribution >= 0.6 is 11.8 Å². The van der Waals surface area contributed by atoms with Crippen molar-refractivity contribution in [1.29, 1.82) is 5.41 Å². The summed E-state index contributed by atoms with van der Waals surface area (Å²) in [5.41, 5.74) is 5.00. The van der Waals surface area contributed by atoms with Gasteiger partial charge in [-0.25, -0.2) is 22.6 Å². The minimum absolute atomic E-state index is 0.00460. The van der Waals surface area contributed by atoms with E-state index in [1.807, 2.05) is 6.92 Å². The van der Waals surface area contributed by atoms with Crippen LogP contribution in [0.2, 0.25) is 0 Å². The molecule has 2 aliphatic rings. The molecule has 1 heterocycles. The molecule has 31 heavy (non-hydrogen) atoms. The predicted octanol–water partition coefficient (Wildman–Crippen LogP) is 3.90. The number of amidine groups is 1. The minimum atomic E-state index is -2.91. The first-order chi connectivity index (χ1) is 14.7. The van der Waals surface area contributed by atoms with Gasteiger partial charge in [0.2, 0.25) is 0 Å². The van der Waals surface area contributed by atoms with Crippen molar-refractivity contribution in [3.63, 3.8) is 0 Å². The highest BCUT2D eigenvalue weighted by atomic mass is 32.2. The molecule has 6 nitrogen and oxygen atoms in total. The standard InChI is InChI=1S/C20H23F4N5OS/c1-2-5-31-9-28-14-4-3-13(21)15(16(14)22)19(30)29-10-6-11(18(26)27-8-10)17(25)12-7-20(12,23)24/h3-4,8,10,12,26,28H,2,5-7,9,25H2,1H3,(H,29,30). The molecule has 0 radical (unpaired) electrons. The van der Waals surface area contributed by atoms with Gasteiger partial charge < -0.3 is 16.4 Å². The number of benzene rings is 1. The lowest BCUT2D eigenvalue weighted by atomic mass is 9.98. The van der Waals surface area contributed by atoms with Crippen LogP contribution in [0, 0.1) is 23.0 Å². The zero-order valence-corrected chi connectivity index (χ0v) is 17.6. The molecule has 1 aromatic carbocycles. The number of nitrogens with two attached hydrogens (primary N) is 1. The monoisotopic (exact) mass is 457 g/mol. The Hall–Kier alpha value is -2.56. The fourth-order valence-electron chi connectivity index (χ4n) is 3.20. The van der Waals surface area contributed by atoms with E-state index in [-0.39, 0.29) is 29.2 Å². The van der Waals surface area contributed by atoms with E-state index < -0.39 is 47.4 Å². The third-order valence-electron chi connectivity index (χ3n) is 4.99. The third-order valence-corrected chi connectivity index (χ3v) is 6.04. The van der Waals surface area contributed by atoms with Gasteiger partial charge in [0.05, 0.1) is 23.5 Å². The Morgan fingerprint density at radius 3 is 2.74 bits per heavy atom. The van der Waals surface area contributed by atoms with Gasteiger partial charge in [-0.1, -0.05) is 6.92 Å². The van der Waals surface area contributed by atoms with Crippen LogP contribution in [0.1, 0.15) is 36.5 Å². The van der Waals surface area contributed by atoms with Crippen LogP contribution in [0.15, 0.2) is 28.4 Å². The number of amides is 1. The fourth-order valence-corrected chi connectivity index (χ4v) is 3.89. The topological polar surface area (TPSA) is 103 Å². The van der Waals surface area contributed by atoms with Crippen molar-refractivity contribution in [2.45, 2.75) is 38.2 Å². The molecular weight excluding hydrogens is 434 g/mol. The summed E-state index contributed by atoms with van der Waals surface area (Å²) >= 11 is 1.53. The van der Waals surface area contributed by atoms with E-state index in [2.05, 4.69) is 15.6 Å². The van der Waals surface area contributed by atoms with Gasteiger partial charge in [-0.05, 0) is 24.3 Å². The number of anilines is 1. The Bertz CT molecular complexity index is 950. The number of rotatable bonds is 8. The zero-order valence-electron chi connectivity index (χ0n) is 16.8. The molecule has 2 unspecified atom stereocenters. The molecule has 1 aliphatic heterocycles. The number of alkyl halides is 2. The summed E-state index contributed by atoms with van der Waals surface area (Å²) in [4.78, 5) is 16.4. The second kappa shape index (κ2) is 9.29. The first-order valence-electron chi connectivity index (χ1n) is 9.75. The molecule has 1 amide bonds. The fraction of sp³-hybridized carbons (Fsp3) is 0.450. The Balaban J connectivity index is 1.73. The molecule has 11 heteroatoms. The van der Waals surface area contributed by atoms with Gasteiger partial charge in [-0.15, -0.1) is 11.8 Å². The molecule has 0 bridgehead atoms. The average molecular weight is 457 g/mol. The maximum Gasteiger partial charge on any atom is 0.257 e. The van der Waals surface area contributed by atoms with E-state index in [1.165, 1.54) is 24.0 Å². The van der Waals surface area contributed by atoms with Crippen LogP contribution in [0.3, 0.4) is 0 Å².